The topological polar surface area (TPSA) is 18.1 Å². The number of nitrogens with zero attached hydrogens (tertiary/aromatic N) is 1. The molecule has 11 aromatic rings. The van der Waals surface area contributed by atoms with Crippen LogP contribution in [-0.4, -0.2) is 4.57 Å². The minimum Gasteiger partial charge on any atom is -0.455 e. The van der Waals surface area contributed by atoms with E-state index in [9.17, 15) is 0 Å². The molecule has 0 aliphatic rings. The number of aromatic nitrogens is 1. The van der Waals surface area contributed by atoms with Gasteiger partial charge in [-0.15, -0.1) is 0 Å². The van der Waals surface area contributed by atoms with Crippen molar-refractivity contribution in [1.82, 2.24) is 4.57 Å². The number of furan rings is 1. The molecule has 0 bridgehead atoms. The third kappa shape index (κ3) is 3.79. The summed E-state index contributed by atoms with van der Waals surface area (Å²) in [5.41, 5.74) is 10.3. The predicted molar refractivity (Wildman–Crippen MR) is 211 cm³/mol. The summed E-state index contributed by atoms with van der Waals surface area (Å²) in [5, 5.41) is 12.2. The van der Waals surface area contributed by atoms with Gasteiger partial charge in [-0.05, 0) is 91.0 Å². The van der Waals surface area contributed by atoms with E-state index in [1.807, 2.05) is 6.07 Å². The molecule has 232 valence electrons. The van der Waals surface area contributed by atoms with E-state index in [0.29, 0.717) is 0 Å². The third-order valence-electron chi connectivity index (χ3n) is 10.6. The average molecular weight is 636 g/mol. The second-order valence-corrected chi connectivity index (χ2v) is 13.2. The molecule has 0 saturated heterocycles. The van der Waals surface area contributed by atoms with Crippen LogP contribution in [-0.2, 0) is 0 Å². The SMILES string of the molecule is c1ccc(-c2c3ccccc3c(-c3ccc(-n4c5ccc6ccccc6c5c5c6oc7ccccc7c6ccc54)cc3)c3ccccc23)cc1. The first-order valence-electron chi connectivity index (χ1n) is 17.2. The number of hydrogen-bond donors (Lipinski definition) is 0. The van der Waals surface area contributed by atoms with Crippen LogP contribution in [0.15, 0.2) is 180 Å². The minimum atomic E-state index is 0.915. The van der Waals surface area contributed by atoms with Gasteiger partial charge in [0.05, 0.1) is 16.4 Å². The molecule has 0 unspecified atom stereocenters. The van der Waals surface area contributed by atoms with Crippen LogP contribution in [0.2, 0.25) is 0 Å². The molecule has 11 rings (SSSR count). The molecular formula is C48H29NO. The highest BCUT2D eigenvalue weighted by atomic mass is 16.3. The molecule has 2 nitrogen and oxygen atoms in total. The van der Waals surface area contributed by atoms with Gasteiger partial charge in [-0.25, -0.2) is 0 Å². The second-order valence-electron chi connectivity index (χ2n) is 13.2. The molecule has 0 amide bonds. The molecule has 0 radical (unpaired) electrons. The van der Waals surface area contributed by atoms with Crippen molar-refractivity contribution >= 4 is 76.1 Å². The Hall–Kier alpha value is -6.64. The van der Waals surface area contributed by atoms with Crippen LogP contribution in [0.4, 0.5) is 0 Å². The van der Waals surface area contributed by atoms with E-state index in [2.05, 4.69) is 174 Å². The van der Waals surface area contributed by atoms with E-state index in [1.165, 1.54) is 65.5 Å². The van der Waals surface area contributed by atoms with Gasteiger partial charge in [-0.2, -0.15) is 0 Å². The van der Waals surface area contributed by atoms with Gasteiger partial charge in [-0.1, -0.05) is 140 Å². The van der Waals surface area contributed by atoms with E-state index < -0.39 is 0 Å². The molecule has 0 fully saturated rings. The van der Waals surface area contributed by atoms with Crippen molar-refractivity contribution in [2.24, 2.45) is 0 Å². The summed E-state index contributed by atoms with van der Waals surface area (Å²) in [6.07, 6.45) is 0. The molecule has 0 saturated carbocycles. The molecule has 0 aliphatic carbocycles. The molecule has 0 atom stereocenters. The van der Waals surface area contributed by atoms with Gasteiger partial charge in [-0.3, -0.25) is 0 Å². The van der Waals surface area contributed by atoms with Gasteiger partial charge in [0.25, 0.3) is 0 Å². The molecule has 0 aliphatic heterocycles. The Kier molecular flexibility index (Phi) is 5.70. The molecule has 9 aromatic carbocycles. The number of fused-ring (bicyclic) bond motifs is 11. The van der Waals surface area contributed by atoms with Crippen molar-refractivity contribution < 1.29 is 4.42 Å². The van der Waals surface area contributed by atoms with E-state index in [4.69, 9.17) is 4.42 Å². The maximum Gasteiger partial charge on any atom is 0.145 e. The van der Waals surface area contributed by atoms with Gasteiger partial charge < -0.3 is 8.98 Å². The average Bonchev–Trinajstić information content (AvgIpc) is 3.73. The summed E-state index contributed by atoms with van der Waals surface area (Å²) in [5.74, 6) is 0. The minimum absolute atomic E-state index is 0.915. The van der Waals surface area contributed by atoms with Crippen LogP contribution in [0, 0.1) is 0 Å². The van der Waals surface area contributed by atoms with Crippen LogP contribution >= 0.6 is 0 Å². The summed E-state index contributed by atoms with van der Waals surface area (Å²) < 4.78 is 9.06. The Morgan fingerprint density at radius 3 is 1.54 bits per heavy atom. The van der Waals surface area contributed by atoms with Gasteiger partial charge in [0.2, 0.25) is 0 Å². The summed E-state index contributed by atoms with van der Waals surface area (Å²) in [6.45, 7) is 0. The molecule has 0 spiro atoms. The summed E-state index contributed by atoms with van der Waals surface area (Å²) in [7, 11) is 0. The fourth-order valence-electron chi connectivity index (χ4n) is 8.46. The highest BCUT2D eigenvalue weighted by Crippen LogP contribution is 2.45. The zero-order valence-corrected chi connectivity index (χ0v) is 27.1. The lowest BCUT2D eigenvalue weighted by Gasteiger charge is -2.18. The highest BCUT2D eigenvalue weighted by Gasteiger charge is 2.21. The van der Waals surface area contributed by atoms with Crippen LogP contribution in [0.3, 0.4) is 0 Å². The number of para-hydroxylation sites is 1. The van der Waals surface area contributed by atoms with Crippen molar-refractivity contribution in [3.63, 3.8) is 0 Å². The lowest BCUT2D eigenvalue weighted by Crippen LogP contribution is -1.94. The molecular weight excluding hydrogens is 607 g/mol. The second kappa shape index (κ2) is 10.4. The largest absolute Gasteiger partial charge is 0.455 e. The molecule has 50 heavy (non-hydrogen) atoms. The van der Waals surface area contributed by atoms with Gasteiger partial charge in [0, 0.05) is 21.8 Å². The highest BCUT2D eigenvalue weighted by molar-refractivity contribution is 6.29. The van der Waals surface area contributed by atoms with Gasteiger partial charge in [0.15, 0.2) is 0 Å². The molecule has 0 N–H and O–H groups in total. The normalized spacial score (nSPS) is 12.0. The van der Waals surface area contributed by atoms with E-state index >= 15 is 0 Å². The predicted octanol–water partition coefficient (Wildman–Crippen LogP) is 13.5. The number of hydrogen-bond acceptors (Lipinski definition) is 1. The van der Waals surface area contributed by atoms with Crippen molar-refractivity contribution in [2.75, 3.05) is 0 Å². The summed E-state index contributed by atoms with van der Waals surface area (Å²) >= 11 is 0. The van der Waals surface area contributed by atoms with Crippen LogP contribution in [0.25, 0.3) is 104 Å². The van der Waals surface area contributed by atoms with Gasteiger partial charge >= 0.3 is 0 Å². The Morgan fingerprint density at radius 1 is 0.340 bits per heavy atom. The Morgan fingerprint density at radius 2 is 0.860 bits per heavy atom. The number of rotatable bonds is 3. The van der Waals surface area contributed by atoms with Crippen molar-refractivity contribution in [3.05, 3.63) is 176 Å². The van der Waals surface area contributed by atoms with Crippen LogP contribution in [0.1, 0.15) is 0 Å². The third-order valence-corrected chi connectivity index (χ3v) is 10.6. The maximum atomic E-state index is 6.66. The maximum absolute atomic E-state index is 6.66. The monoisotopic (exact) mass is 635 g/mol. The zero-order valence-electron chi connectivity index (χ0n) is 27.1. The fraction of sp³-hybridized carbons (Fsp3) is 0. The first-order chi connectivity index (χ1) is 24.8. The zero-order chi connectivity index (χ0) is 32.8. The molecule has 2 heterocycles. The fourth-order valence-corrected chi connectivity index (χ4v) is 8.46. The summed E-state index contributed by atoms with van der Waals surface area (Å²) in [6, 6.07) is 63.7. The smallest absolute Gasteiger partial charge is 0.145 e. The standard InChI is InChI=1S/C48H29NO/c1-2-13-31(14-3-1)44-36-17-6-8-19-38(36)45(39-20-9-7-18-37(39)44)32-22-25-33(26-23-32)49-41-28-24-30-12-4-5-15-34(30)46(41)47-42(49)29-27-40-35-16-10-11-21-43(35)50-48(40)47/h1-29H. The van der Waals surface area contributed by atoms with Crippen LogP contribution < -0.4 is 0 Å². The van der Waals surface area contributed by atoms with Crippen molar-refractivity contribution in [1.29, 1.82) is 0 Å². The van der Waals surface area contributed by atoms with E-state index in [0.717, 1.165) is 38.5 Å². The lowest BCUT2D eigenvalue weighted by molar-refractivity contribution is 0.673. The van der Waals surface area contributed by atoms with Gasteiger partial charge in [0.1, 0.15) is 11.2 Å². The molecule has 2 aromatic heterocycles. The van der Waals surface area contributed by atoms with Crippen molar-refractivity contribution in [2.45, 2.75) is 0 Å². The molecule has 2 heteroatoms. The Balaban J connectivity index is 1.18. The first kappa shape index (κ1) is 27.3. The van der Waals surface area contributed by atoms with Crippen LogP contribution in [0.5, 0.6) is 0 Å². The first-order valence-corrected chi connectivity index (χ1v) is 17.2. The Bertz CT molecular complexity index is 3070. The summed E-state index contributed by atoms with van der Waals surface area (Å²) in [4.78, 5) is 0. The van der Waals surface area contributed by atoms with Crippen molar-refractivity contribution in [3.8, 4) is 27.9 Å². The Labute approximate surface area is 288 Å². The quantitative estimate of drug-likeness (QED) is 0.177. The lowest BCUT2D eigenvalue weighted by atomic mass is 9.86. The van der Waals surface area contributed by atoms with E-state index in [-0.39, 0.29) is 0 Å². The number of benzene rings is 9. The van der Waals surface area contributed by atoms with E-state index in [1.54, 1.807) is 0 Å².